The third kappa shape index (κ3) is 3.50. The van der Waals surface area contributed by atoms with E-state index in [4.69, 9.17) is 0 Å². The molecule has 1 aliphatic rings. The lowest BCUT2D eigenvalue weighted by molar-refractivity contribution is -0.116. The largest absolute Gasteiger partial charge is 0.312 e. The van der Waals surface area contributed by atoms with Crippen LogP contribution in [0.4, 0.5) is 10.2 Å². The van der Waals surface area contributed by atoms with E-state index in [1.165, 1.54) is 17.8 Å². The van der Waals surface area contributed by atoms with E-state index in [1.54, 1.807) is 23.7 Å². The number of rotatable bonds is 4. The van der Waals surface area contributed by atoms with Crippen molar-refractivity contribution < 1.29 is 9.18 Å². The van der Waals surface area contributed by atoms with Gasteiger partial charge in [0, 0.05) is 29.6 Å². The number of hydrogen-bond donors (Lipinski definition) is 1. The molecule has 0 spiro atoms. The summed E-state index contributed by atoms with van der Waals surface area (Å²) in [5.41, 5.74) is 0.231. The third-order valence-corrected chi connectivity index (χ3v) is 5.80. The zero-order valence-electron chi connectivity index (χ0n) is 13.8. The molecule has 2 heterocycles. The minimum absolute atomic E-state index is 0.0126. The summed E-state index contributed by atoms with van der Waals surface area (Å²) in [6, 6.07) is 4.53. The van der Waals surface area contributed by atoms with Gasteiger partial charge in [0.1, 0.15) is 11.6 Å². The molecule has 0 saturated carbocycles. The zero-order valence-corrected chi connectivity index (χ0v) is 16.2. The molecule has 0 aliphatic carbocycles. The molecule has 1 amide bonds. The predicted octanol–water partition coefficient (Wildman–Crippen LogP) is 3.66. The molecular weight excluding hydrogens is 409 g/mol. The van der Waals surface area contributed by atoms with E-state index in [1.807, 2.05) is 6.92 Å². The standard InChI is InChI=1S/C17H17BrFN3O2S/c1-3-6-25-17-21-16(24)14-11(8-13(23)20-15(14)22(17)2)10-7-9(18)4-5-12(10)19/h4-5,7,11H,3,6,8H2,1-2H3,(H,20,23). The van der Waals surface area contributed by atoms with Crippen LogP contribution in [0, 0.1) is 5.82 Å². The van der Waals surface area contributed by atoms with Crippen molar-refractivity contribution in [1.82, 2.24) is 9.55 Å². The molecule has 25 heavy (non-hydrogen) atoms. The minimum atomic E-state index is -0.655. The predicted molar refractivity (Wildman–Crippen MR) is 99.7 cm³/mol. The number of thioether (sulfide) groups is 1. The highest BCUT2D eigenvalue weighted by molar-refractivity contribution is 9.10. The van der Waals surface area contributed by atoms with E-state index in [-0.39, 0.29) is 12.3 Å². The molecule has 1 aliphatic heterocycles. The molecule has 3 rings (SSSR count). The maximum Gasteiger partial charge on any atom is 0.279 e. The summed E-state index contributed by atoms with van der Waals surface area (Å²) < 4.78 is 16.8. The Hall–Kier alpha value is -1.67. The molecule has 8 heteroatoms. The Balaban J connectivity index is 2.18. The van der Waals surface area contributed by atoms with Crippen LogP contribution in [0.1, 0.15) is 36.8 Å². The second kappa shape index (κ2) is 7.29. The van der Waals surface area contributed by atoms with Crippen molar-refractivity contribution in [3.05, 3.63) is 50.0 Å². The van der Waals surface area contributed by atoms with Gasteiger partial charge in [-0.05, 0) is 30.2 Å². The van der Waals surface area contributed by atoms with Crippen LogP contribution in [-0.2, 0) is 11.8 Å². The van der Waals surface area contributed by atoms with Gasteiger partial charge in [-0.3, -0.25) is 9.59 Å². The number of halogens is 2. The number of carbonyl (C=O) groups is 1. The summed E-state index contributed by atoms with van der Waals surface area (Å²) in [4.78, 5) is 29.0. The molecule has 0 radical (unpaired) electrons. The SMILES string of the molecule is CCCSc1nc(=O)c2c(n1C)NC(=O)CC2c1cc(Br)ccc1F. The molecule has 2 aromatic rings. The minimum Gasteiger partial charge on any atom is -0.312 e. The molecule has 1 aromatic heterocycles. The number of amides is 1. The van der Waals surface area contributed by atoms with Crippen molar-refractivity contribution in [3.8, 4) is 0 Å². The van der Waals surface area contributed by atoms with E-state index in [0.717, 1.165) is 12.2 Å². The van der Waals surface area contributed by atoms with Crippen LogP contribution in [0.3, 0.4) is 0 Å². The number of hydrogen-bond acceptors (Lipinski definition) is 4. The summed E-state index contributed by atoms with van der Waals surface area (Å²) in [7, 11) is 1.75. The van der Waals surface area contributed by atoms with Crippen molar-refractivity contribution in [2.75, 3.05) is 11.1 Å². The van der Waals surface area contributed by atoms with E-state index in [9.17, 15) is 14.0 Å². The van der Waals surface area contributed by atoms with Crippen LogP contribution in [0.25, 0.3) is 0 Å². The quantitative estimate of drug-likeness (QED) is 0.599. The van der Waals surface area contributed by atoms with Gasteiger partial charge in [0.15, 0.2) is 5.16 Å². The fourth-order valence-electron chi connectivity index (χ4n) is 2.91. The first-order chi connectivity index (χ1) is 11.9. The summed E-state index contributed by atoms with van der Waals surface area (Å²) in [5.74, 6) is -0.127. The maximum atomic E-state index is 14.4. The van der Waals surface area contributed by atoms with E-state index in [0.29, 0.717) is 26.6 Å². The molecule has 0 saturated heterocycles. The lowest BCUT2D eigenvalue weighted by Gasteiger charge is -2.27. The van der Waals surface area contributed by atoms with Crippen LogP contribution in [0.2, 0.25) is 0 Å². The summed E-state index contributed by atoms with van der Waals surface area (Å²) in [6.07, 6.45) is 0.953. The van der Waals surface area contributed by atoms with Crippen molar-refractivity contribution in [1.29, 1.82) is 0 Å². The van der Waals surface area contributed by atoms with Gasteiger partial charge in [0.25, 0.3) is 5.56 Å². The number of anilines is 1. The van der Waals surface area contributed by atoms with Crippen LogP contribution >= 0.6 is 27.7 Å². The lowest BCUT2D eigenvalue weighted by atomic mass is 9.86. The van der Waals surface area contributed by atoms with Crippen molar-refractivity contribution >= 4 is 39.4 Å². The average Bonchev–Trinajstić information content (AvgIpc) is 2.58. The van der Waals surface area contributed by atoms with Gasteiger partial charge in [0.05, 0.1) is 5.56 Å². The van der Waals surface area contributed by atoms with E-state index < -0.39 is 17.3 Å². The van der Waals surface area contributed by atoms with Gasteiger partial charge < -0.3 is 9.88 Å². The number of carbonyl (C=O) groups excluding carboxylic acids is 1. The zero-order chi connectivity index (χ0) is 18.1. The van der Waals surface area contributed by atoms with Crippen LogP contribution < -0.4 is 10.9 Å². The summed E-state index contributed by atoms with van der Waals surface area (Å²) >= 11 is 4.78. The Bertz CT molecular complexity index is 900. The molecular formula is C17H17BrFN3O2S. The van der Waals surface area contributed by atoms with Gasteiger partial charge in [-0.15, -0.1) is 0 Å². The molecule has 0 bridgehead atoms. The second-order valence-electron chi connectivity index (χ2n) is 5.84. The first-order valence-electron chi connectivity index (χ1n) is 7.90. The molecule has 1 N–H and O–H groups in total. The van der Waals surface area contributed by atoms with Crippen LogP contribution in [0.15, 0.2) is 32.6 Å². The highest BCUT2D eigenvalue weighted by atomic mass is 79.9. The highest BCUT2D eigenvalue weighted by Crippen LogP contribution is 2.37. The first kappa shape index (κ1) is 18.1. The van der Waals surface area contributed by atoms with Crippen molar-refractivity contribution in [2.45, 2.75) is 30.8 Å². The molecule has 1 atom stereocenters. The molecule has 1 unspecified atom stereocenters. The maximum absolute atomic E-state index is 14.4. The smallest absolute Gasteiger partial charge is 0.279 e. The summed E-state index contributed by atoms with van der Waals surface area (Å²) in [6.45, 7) is 2.04. The molecule has 5 nitrogen and oxygen atoms in total. The van der Waals surface area contributed by atoms with E-state index in [2.05, 4.69) is 26.2 Å². The number of nitrogens with one attached hydrogen (secondary N) is 1. The van der Waals surface area contributed by atoms with Gasteiger partial charge in [-0.25, -0.2) is 4.39 Å². The fraction of sp³-hybridized carbons (Fsp3) is 0.353. The fourth-order valence-corrected chi connectivity index (χ4v) is 4.10. The van der Waals surface area contributed by atoms with Gasteiger partial charge in [0.2, 0.25) is 5.91 Å². The molecule has 1 aromatic carbocycles. The van der Waals surface area contributed by atoms with Gasteiger partial charge >= 0.3 is 0 Å². The van der Waals surface area contributed by atoms with Gasteiger partial charge in [-0.2, -0.15) is 4.98 Å². The van der Waals surface area contributed by atoms with Crippen molar-refractivity contribution in [2.24, 2.45) is 7.05 Å². The Morgan fingerprint density at radius 2 is 2.20 bits per heavy atom. The Labute approximate surface area is 157 Å². The Kier molecular flexibility index (Phi) is 5.29. The Morgan fingerprint density at radius 1 is 1.44 bits per heavy atom. The van der Waals surface area contributed by atoms with E-state index >= 15 is 0 Å². The second-order valence-corrected chi connectivity index (χ2v) is 7.82. The number of aromatic nitrogens is 2. The number of fused-ring (bicyclic) bond motifs is 1. The topological polar surface area (TPSA) is 64.0 Å². The van der Waals surface area contributed by atoms with Crippen LogP contribution in [-0.4, -0.2) is 21.2 Å². The van der Waals surface area contributed by atoms with Crippen molar-refractivity contribution in [3.63, 3.8) is 0 Å². The molecule has 0 fully saturated rings. The summed E-state index contributed by atoms with van der Waals surface area (Å²) in [5, 5.41) is 3.30. The molecule has 132 valence electrons. The highest BCUT2D eigenvalue weighted by Gasteiger charge is 2.33. The average molecular weight is 426 g/mol. The normalized spacial score (nSPS) is 16.5. The first-order valence-corrected chi connectivity index (χ1v) is 9.68. The lowest BCUT2D eigenvalue weighted by Crippen LogP contribution is -2.33. The van der Waals surface area contributed by atoms with Crippen LogP contribution in [0.5, 0.6) is 0 Å². The number of benzene rings is 1. The third-order valence-electron chi connectivity index (χ3n) is 4.07. The Morgan fingerprint density at radius 3 is 2.92 bits per heavy atom. The monoisotopic (exact) mass is 425 g/mol. The van der Waals surface area contributed by atoms with Gasteiger partial charge in [-0.1, -0.05) is 34.6 Å². The number of nitrogens with zero attached hydrogens (tertiary/aromatic N) is 2.